The predicted octanol–water partition coefficient (Wildman–Crippen LogP) is 3.43. The number of carbonyl (C=O) groups excluding carboxylic acids is 1. The van der Waals surface area contributed by atoms with Gasteiger partial charge in [-0.25, -0.2) is 4.39 Å². The zero-order valence-corrected chi connectivity index (χ0v) is 16.5. The summed E-state index contributed by atoms with van der Waals surface area (Å²) in [7, 11) is 0. The maximum Gasteiger partial charge on any atom is 0.314 e. The Morgan fingerprint density at radius 3 is 2.62 bits per heavy atom. The molecule has 1 fully saturated rings. The maximum absolute atomic E-state index is 14.2. The summed E-state index contributed by atoms with van der Waals surface area (Å²) in [6.07, 6.45) is 0.578. The summed E-state index contributed by atoms with van der Waals surface area (Å²) >= 11 is 0. The van der Waals surface area contributed by atoms with E-state index in [-0.39, 0.29) is 31.5 Å². The molecule has 0 bridgehead atoms. The van der Waals surface area contributed by atoms with Gasteiger partial charge in [0.25, 0.3) is 5.91 Å². The molecule has 0 aliphatic carbocycles. The minimum Gasteiger partial charge on any atom is -0.481 e. The summed E-state index contributed by atoms with van der Waals surface area (Å²) in [4.78, 5) is 26.4. The Morgan fingerprint density at radius 2 is 1.93 bits per heavy atom. The van der Waals surface area contributed by atoms with Crippen molar-refractivity contribution in [1.82, 2.24) is 4.90 Å². The highest BCUT2D eigenvalue weighted by molar-refractivity contribution is 5.95. The molecule has 1 saturated heterocycles. The van der Waals surface area contributed by atoms with Crippen molar-refractivity contribution in [2.75, 3.05) is 13.1 Å². The predicted molar refractivity (Wildman–Crippen MR) is 107 cm³/mol. The number of piperidine rings is 1. The lowest BCUT2D eigenvalue weighted by Crippen LogP contribution is -2.57. The van der Waals surface area contributed by atoms with Crippen molar-refractivity contribution in [3.63, 3.8) is 0 Å². The van der Waals surface area contributed by atoms with Crippen LogP contribution >= 0.6 is 0 Å². The zero-order chi connectivity index (χ0) is 21.0. The quantitative estimate of drug-likeness (QED) is 0.780. The van der Waals surface area contributed by atoms with E-state index >= 15 is 0 Å². The summed E-state index contributed by atoms with van der Waals surface area (Å²) in [5, 5.41) is 20.5. The van der Waals surface area contributed by atoms with Crippen molar-refractivity contribution in [2.45, 2.75) is 38.7 Å². The van der Waals surface area contributed by atoms with Gasteiger partial charge in [0, 0.05) is 13.1 Å². The van der Waals surface area contributed by atoms with E-state index in [1.807, 2.05) is 30.3 Å². The van der Waals surface area contributed by atoms with Gasteiger partial charge in [-0.1, -0.05) is 42.0 Å². The van der Waals surface area contributed by atoms with E-state index in [1.165, 1.54) is 17.0 Å². The third kappa shape index (κ3) is 4.48. The van der Waals surface area contributed by atoms with Gasteiger partial charge in [0.1, 0.15) is 11.2 Å². The Morgan fingerprint density at radius 1 is 1.21 bits per heavy atom. The second-order valence-corrected chi connectivity index (χ2v) is 7.81. The molecule has 5 nitrogen and oxygen atoms in total. The summed E-state index contributed by atoms with van der Waals surface area (Å²) in [6.45, 7) is 1.83. The summed E-state index contributed by atoms with van der Waals surface area (Å²) < 4.78 is 14.2. The number of benzene rings is 2. The molecule has 1 heterocycles. The third-order valence-corrected chi connectivity index (χ3v) is 5.78. The maximum atomic E-state index is 14.2. The fourth-order valence-corrected chi connectivity index (χ4v) is 4.04. The average molecular weight is 399 g/mol. The molecule has 0 saturated carbocycles. The molecule has 1 aliphatic heterocycles. The van der Waals surface area contributed by atoms with Crippen LogP contribution in [0.15, 0.2) is 48.5 Å². The lowest BCUT2D eigenvalue weighted by atomic mass is 9.73. The first-order chi connectivity index (χ1) is 13.8. The molecule has 2 atom stereocenters. The molecule has 0 spiro atoms. The molecule has 2 N–H and O–H groups in total. The fourth-order valence-electron chi connectivity index (χ4n) is 4.04. The van der Waals surface area contributed by atoms with Gasteiger partial charge in [0.2, 0.25) is 0 Å². The highest BCUT2D eigenvalue weighted by atomic mass is 19.1. The molecule has 0 aromatic heterocycles. The first kappa shape index (κ1) is 21.0. The van der Waals surface area contributed by atoms with Crippen molar-refractivity contribution in [2.24, 2.45) is 5.41 Å². The number of likely N-dealkylation sites (tertiary alicyclic amines) is 1. The molecule has 2 aromatic carbocycles. The number of carboxylic acids is 1. The van der Waals surface area contributed by atoms with Gasteiger partial charge >= 0.3 is 5.97 Å². The van der Waals surface area contributed by atoms with E-state index in [0.29, 0.717) is 12.8 Å². The fraction of sp³-hybridized carbons (Fsp3) is 0.391. The molecule has 1 aliphatic rings. The molecule has 3 rings (SSSR count). The van der Waals surface area contributed by atoms with Crippen LogP contribution in [0.3, 0.4) is 0 Å². The average Bonchev–Trinajstić information content (AvgIpc) is 2.71. The number of nitrogens with zero attached hydrogens (tertiary/aromatic N) is 1. The number of amides is 1. The Bertz CT molecular complexity index is 886. The topological polar surface area (TPSA) is 77.8 Å². The number of carbonyl (C=O) groups is 2. The second-order valence-electron chi connectivity index (χ2n) is 7.81. The van der Waals surface area contributed by atoms with Crippen LogP contribution in [0.2, 0.25) is 0 Å². The van der Waals surface area contributed by atoms with Gasteiger partial charge in [0.15, 0.2) is 0 Å². The third-order valence-electron chi connectivity index (χ3n) is 5.78. The van der Waals surface area contributed by atoms with Gasteiger partial charge in [-0.05, 0) is 50.3 Å². The van der Waals surface area contributed by atoms with Crippen molar-refractivity contribution >= 4 is 11.9 Å². The number of aliphatic hydroxyl groups excluding tert-OH is 1. The molecule has 29 heavy (non-hydrogen) atoms. The second kappa shape index (κ2) is 8.74. The van der Waals surface area contributed by atoms with Crippen molar-refractivity contribution in [3.8, 4) is 0 Å². The van der Waals surface area contributed by atoms with Crippen LogP contribution in [0.25, 0.3) is 0 Å². The van der Waals surface area contributed by atoms with Crippen LogP contribution in [0.1, 0.15) is 40.7 Å². The van der Waals surface area contributed by atoms with E-state index in [4.69, 9.17) is 0 Å². The number of aliphatic carboxylic acids is 1. The van der Waals surface area contributed by atoms with Crippen LogP contribution in [0, 0.1) is 18.2 Å². The molecule has 0 unspecified atom stereocenters. The molecule has 6 heteroatoms. The van der Waals surface area contributed by atoms with Crippen LogP contribution < -0.4 is 0 Å². The van der Waals surface area contributed by atoms with Gasteiger partial charge < -0.3 is 15.1 Å². The van der Waals surface area contributed by atoms with Crippen molar-refractivity contribution in [1.29, 1.82) is 0 Å². The van der Waals surface area contributed by atoms with E-state index < -0.39 is 29.2 Å². The molecule has 154 valence electrons. The SMILES string of the molecule is Cc1ccc(F)c(C(=O)N2CC[C@@H](O)[C@](CCCc3ccccc3)(C(=O)O)C2)c1. The number of rotatable bonds is 6. The summed E-state index contributed by atoms with van der Waals surface area (Å²) in [5.74, 6) is -2.29. The summed E-state index contributed by atoms with van der Waals surface area (Å²) in [6, 6.07) is 14.0. The lowest BCUT2D eigenvalue weighted by molar-refractivity contribution is -0.162. The molecular weight excluding hydrogens is 373 g/mol. The highest BCUT2D eigenvalue weighted by Crippen LogP contribution is 2.36. The van der Waals surface area contributed by atoms with E-state index in [2.05, 4.69) is 0 Å². The van der Waals surface area contributed by atoms with E-state index in [1.54, 1.807) is 13.0 Å². The smallest absolute Gasteiger partial charge is 0.314 e. The molecule has 0 radical (unpaired) electrons. The zero-order valence-electron chi connectivity index (χ0n) is 16.5. The van der Waals surface area contributed by atoms with Crippen LogP contribution in [-0.4, -0.2) is 46.2 Å². The van der Waals surface area contributed by atoms with Gasteiger partial charge in [0.05, 0.1) is 11.7 Å². The van der Waals surface area contributed by atoms with Crippen molar-refractivity contribution in [3.05, 3.63) is 71.0 Å². The number of aliphatic hydroxyl groups is 1. The number of aryl methyl sites for hydroxylation is 2. The standard InChI is InChI=1S/C23H26FNO4/c1-16-9-10-19(24)18(14-16)21(27)25-13-11-20(26)23(15-25,22(28)29)12-5-8-17-6-3-2-4-7-17/h2-4,6-7,9-10,14,20,26H,5,8,11-13,15H2,1H3,(H,28,29)/t20-,23-/m1/s1. The van der Waals surface area contributed by atoms with E-state index in [9.17, 15) is 24.2 Å². The molecule has 2 aromatic rings. The molecule has 1 amide bonds. The van der Waals surface area contributed by atoms with Crippen LogP contribution in [0.4, 0.5) is 4.39 Å². The Hall–Kier alpha value is -2.73. The largest absolute Gasteiger partial charge is 0.481 e. The normalized spacial score (nSPS) is 21.8. The van der Waals surface area contributed by atoms with Crippen LogP contribution in [0.5, 0.6) is 0 Å². The number of carboxylic acid groups (broad SMARTS) is 1. The lowest BCUT2D eigenvalue weighted by Gasteiger charge is -2.43. The van der Waals surface area contributed by atoms with Gasteiger partial charge in [-0.2, -0.15) is 0 Å². The van der Waals surface area contributed by atoms with Gasteiger partial charge in [-0.3, -0.25) is 9.59 Å². The highest BCUT2D eigenvalue weighted by Gasteiger charge is 2.49. The Balaban J connectivity index is 1.78. The van der Waals surface area contributed by atoms with Gasteiger partial charge in [-0.15, -0.1) is 0 Å². The van der Waals surface area contributed by atoms with Crippen LogP contribution in [-0.2, 0) is 11.2 Å². The minimum absolute atomic E-state index is 0.0648. The number of hydrogen-bond donors (Lipinski definition) is 2. The monoisotopic (exact) mass is 399 g/mol. The van der Waals surface area contributed by atoms with E-state index in [0.717, 1.165) is 11.1 Å². The molecular formula is C23H26FNO4. The number of halogens is 1. The number of hydrogen-bond acceptors (Lipinski definition) is 3. The first-order valence-corrected chi connectivity index (χ1v) is 9.84. The Kier molecular flexibility index (Phi) is 6.33. The minimum atomic E-state index is -1.46. The summed E-state index contributed by atoms with van der Waals surface area (Å²) in [5.41, 5.74) is 0.320. The first-order valence-electron chi connectivity index (χ1n) is 9.84. The van der Waals surface area contributed by atoms with Crippen molar-refractivity contribution < 1.29 is 24.2 Å². The Labute approximate surface area is 169 Å².